The summed E-state index contributed by atoms with van der Waals surface area (Å²) >= 11 is 5.22. The Hall–Kier alpha value is -1.55. The molecule has 0 aliphatic carbocycles. The maximum Gasteiger partial charge on any atom is 0.186 e. The molecule has 1 aromatic rings. The summed E-state index contributed by atoms with van der Waals surface area (Å²) in [6.07, 6.45) is 2.19. The van der Waals surface area contributed by atoms with E-state index in [1.807, 2.05) is 6.92 Å². The normalized spacial score (nSPS) is 16.3. The zero-order valence-corrected chi connectivity index (χ0v) is 16.8. The number of hydrazone groups is 1. The van der Waals surface area contributed by atoms with Crippen LogP contribution in [0.2, 0.25) is 0 Å². The molecule has 2 N–H and O–H groups in total. The average molecular weight is 399 g/mol. The number of nitrogens with zero attached hydrogens (tertiary/aromatic N) is 2. The van der Waals surface area contributed by atoms with Crippen LogP contribution in [0.4, 0.5) is 0 Å². The lowest BCUT2D eigenvalue weighted by Gasteiger charge is -2.26. The van der Waals surface area contributed by atoms with Crippen LogP contribution in [0.15, 0.2) is 34.3 Å². The number of hydrogen-bond acceptors (Lipinski definition) is 6. The third kappa shape index (κ3) is 6.99. The molecular formula is C17H26N4O3S2. The maximum atomic E-state index is 11.5. The van der Waals surface area contributed by atoms with Gasteiger partial charge in [0.2, 0.25) is 0 Å². The molecule has 1 aromatic carbocycles. The summed E-state index contributed by atoms with van der Waals surface area (Å²) in [5.74, 6) is 0. The molecule has 1 fully saturated rings. The molecule has 0 radical (unpaired) electrons. The van der Waals surface area contributed by atoms with Gasteiger partial charge in [-0.2, -0.15) is 5.10 Å². The van der Waals surface area contributed by atoms with Crippen LogP contribution in [0.5, 0.6) is 0 Å². The van der Waals surface area contributed by atoms with Gasteiger partial charge in [-0.05, 0) is 49.8 Å². The highest BCUT2D eigenvalue weighted by Crippen LogP contribution is 2.10. The van der Waals surface area contributed by atoms with Crippen molar-refractivity contribution in [2.75, 3.05) is 45.6 Å². The van der Waals surface area contributed by atoms with Crippen molar-refractivity contribution in [3.8, 4) is 0 Å². The average Bonchev–Trinajstić information content (AvgIpc) is 2.63. The molecule has 2 rings (SSSR count). The van der Waals surface area contributed by atoms with Gasteiger partial charge in [0.05, 0.1) is 23.8 Å². The standard InChI is InChI=1S/C17H26N4O3S2/c1-14(15-4-6-16(7-5-15)26(2,22)23)19-20-17(25)18-8-3-9-21-10-12-24-13-11-21/h4-7H,3,8-13H2,1-2H3,(H2,18,20,25)/b19-14-. The molecule has 7 nitrogen and oxygen atoms in total. The highest BCUT2D eigenvalue weighted by atomic mass is 32.2. The smallest absolute Gasteiger partial charge is 0.186 e. The molecule has 0 atom stereocenters. The Morgan fingerprint density at radius 2 is 1.92 bits per heavy atom. The summed E-state index contributed by atoms with van der Waals surface area (Å²) in [6.45, 7) is 7.24. The number of rotatable bonds is 7. The number of nitrogens with one attached hydrogen (secondary N) is 2. The number of sulfone groups is 1. The minimum absolute atomic E-state index is 0.291. The van der Waals surface area contributed by atoms with Gasteiger partial charge in [-0.25, -0.2) is 8.42 Å². The lowest BCUT2D eigenvalue weighted by Crippen LogP contribution is -2.39. The number of benzene rings is 1. The minimum Gasteiger partial charge on any atom is -0.379 e. The molecule has 144 valence electrons. The highest BCUT2D eigenvalue weighted by molar-refractivity contribution is 7.90. The first-order chi connectivity index (χ1) is 12.4. The Balaban J connectivity index is 1.72. The van der Waals surface area contributed by atoms with E-state index < -0.39 is 9.84 Å². The molecule has 0 unspecified atom stereocenters. The first kappa shape index (κ1) is 20.8. The van der Waals surface area contributed by atoms with Crippen LogP contribution < -0.4 is 10.7 Å². The van der Waals surface area contributed by atoms with E-state index in [0.717, 1.165) is 57.1 Å². The summed E-state index contributed by atoms with van der Waals surface area (Å²) in [5, 5.41) is 7.85. The van der Waals surface area contributed by atoms with E-state index in [4.69, 9.17) is 17.0 Å². The van der Waals surface area contributed by atoms with Gasteiger partial charge in [-0.3, -0.25) is 10.3 Å². The van der Waals surface area contributed by atoms with Crippen molar-refractivity contribution in [2.24, 2.45) is 5.10 Å². The predicted molar refractivity (Wildman–Crippen MR) is 107 cm³/mol. The van der Waals surface area contributed by atoms with Gasteiger partial charge in [-0.1, -0.05) is 12.1 Å². The molecule has 1 saturated heterocycles. The van der Waals surface area contributed by atoms with E-state index in [1.165, 1.54) is 6.26 Å². The van der Waals surface area contributed by atoms with Crippen LogP contribution in [0.3, 0.4) is 0 Å². The van der Waals surface area contributed by atoms with Crippen molar-refractivity contribution in [1.82, 2.24) is 15.6 Å². The van der Waals surface area contributed by atoms with Gasteiger partial charge in [0, 0.05) is 25.9 Å². The molecule has 0 aromatic heterocycles. The van der Waals surface area contributed by atoms with Crippen LogP contribution in [0, 0.1) is 0 Å². The van der Waals surface area contributed by atoms with Crippen LogP contribution in [0.25, 0.3) is 0 Å². The largest absolute Gasteiger partial charge is 0.379 e. The van der Waals surface area contributed by atoms with Crippen LogP contribution in [-0.4, -0.2) is 69.8 Å². The Kier molecular flexibility index (Phi) is 7.95. The number of morpholine rings is 1. The first-order valence-electron chi connectivity index (χ1n) is 8.55. The molecule has 1 aliphatic heterocycles. The van der Waals surface area contributed by atoms with E-state index in [-0.39, 0.29) is 0 Å². The predicted octanol–water partition coefficient (Wildman–Crippen LogP) is 1.00. The van der Waals surface area contributed by atoms with Gasteiger partial charge < -0.3 is 10.1 Å². The third-order valence-corrected chi connectivity index (χ3v) is 5.43. The third-order valence-electron chi connectivity index (χ3n) is 4.07. The zero-order valence-electron chi connectivity index (χ0n) is 15.2. The van der Waals surface area contributed by atoms with E-state index >= 15 is 0 Å². The van der Waals surface area contributed by atoms with Gasteiger partial charge in [0.1, 0.15) is 0 Å². The van der Waals surface area contributed by atoms with Crippen LogP contribution >= 0.6 is 12.2 Å². The second-order valence-corrected chi connectivity index (χ2v) is 8.59. The quantitative estimate of drug-likeness (QED) is 0.307. The van der Waals surface area contributed by atoms with Crippen molar-refractivity contribution in [1.29, 1.82) is 0 Å². The highest BCUT2D eigenvalue weighted by Gasteiger charge is 2.09. The Morgan fingerprint density at radius 1 is 1.27 bits per heavy atom. The fourth-order valence-corrected chi connectivity index (χ4v) is 3.29. The van der Waals surface area contributed by atoms with Crippen molar-refractivity contribution < 1.29 is 13.2 Å². The van der Waals surface area contributed by atoms with E-state index in [1.54, 1.807) is 24.3 Å². The van der Waals surface area contributed by atoms with Crippen molar-refractivity contribution in [2.45, 2.75) is 18.2 Å². The summed E-state index contributed by atoms with van der Waals surface area (Å²) < 4.78 is 28.3. The Morgan fingerprint density at radius 3 is 2.54 bits per heavy atom. The van der Waals surface area contributed by atoms with Crippen LogP contribution in [0.1, 0.15) is 18.9 Å². The monoisotopic (exact) mass is 398 g/mol. The number of ether oxygens (including phenoxy) is 1. The van der Waals surface area contributed by atoms with Crippen LogP contribution in [-0.2, 0) is 14.6 Å². The fourth-order valence-electron chi connectivity index (χ4n) is 2.51. The van der Waals surface area contributed by atoms with Gasteiger partial charge in [0.25, 0.3) is 0 Å². The fraction of sp³-hybridized carbons (Fsp3) is 0.529. The van der Waals surface area contributed by atoms with Crippen molar-refractivity contribution in [3.05, 3.63) is 29.8 Å². The van der Waals surface area contributed by atoms with E-state index in [9.17, 15) is 8.42 Å². The SMILES string of the molecule is C/C(=N/NC(=S)NCCCN1CCOCC1)c1ccc(S(C)(=O)=O)cc1. The Bertz CT molecular complexity index is 727. The molecule has 0 amide bonds. The van der Waals surface area contributed by atoms with Crippen molar-refractivity contribution in [3.63, 3.8) is 0 Å². The van der Waals surface area contributed by atoms with Gasteiger partial charge in [0.15, 0.2) is 14.9 Å². The molecule has 1 aliphatic rings. The van der Waals surface area contributed by atoms with Gasteiger partial charge >= 0.3 is 0 Å². The van der Waals surface area contributed by atoms with Crippen molar-refractivity contribution >= 4 is 32.9 Å². The molecule has 0 bridgehead atoms. The lowest BCUT2D eigenvalue weighted by atomic mass is 10.1. The zero-order chi connectivity index (χ0) is 19.0. The topological polar surface area (TPSA) is 83.0 Å². The first-order valence-corrected chi connectivity index (χ1v) is 10.8. The number of hydrogen-bond donors (Lipinski definition) is 2. The van der Waals surface area contributed by atoms with E-state index in [0.29, 0.717) is 10.0 Å². The molecule has 26 heavy (non-hydrogen) atoms. The summed E-state index contributed by atoms with van der Waals surface area (Å²) in [7, 11) is -3.19. The Labute approximate surface area is 160 Å². The second-order valence-electron chi connectivity index (χ2n) is 6.17. The molecular weight excluding hydrogens is 372 g/mol. The number of thiocarbonyl (C=S) groups is 1. The summed E-state index contributed by atoms with van der Waals surface area (Å²) in [6, 6.07) is 6.61. The summed E-state index contributed by atoms with van der Waals surface area (Å²) in [4.78, 5) is 2.67. The molecule has 0 saturated carbocycles. The minimum atomic E-state index is -3.19. The second kappa shape index (κ2) is 9.96. The molecule has 0 spiro atoms. The molecule has 1 heterocycles. The van der Waals surface area contributed by atoms with E-state index in [2.05, 4.69) is 20.7 Å². The summed E-state index contributed by atoms with van der Waals surface area (Å²) in [5.41, 5.74) is 4.38. The molecule has 9 heteroatoms. The lowest BCUT2D eigenvalue weighted by molar-refractivity contribution is 0.0376. The van der Waals surface area contributed by atoms with Gasteiger partial charge in [-0.15, -0.1) is 0 Å². The maximum absolute atomic E-state index is 11.5.